The number of ether oxygens (including phenoxy) is 1. The van der Waals surface area contributed by atoms with Gasteiger partial charge in [0, 0.05) is 56.5 Å². The molecule has 1 fully saturated rings. The quantitative estimate of drug-likeness (QED) is 0.602. The number of hydrogen-bond donors (Lipinski definition) is 2. The Balaban J connectivity index is 1.51. The monoisotopic (exact) mass is 407 g/mol. The van der Waals surface area contributed by atoms with Crippen molar-refractivity contribution < 1.29 is 14.3 Å². The maximum absolute atomic E-state index is 12.4. The zero-order valence-electron chi connectivity index (χ0n) is 16.0. The van der Waals surface area contributed by atoms with Crippen molar-refractivity contribution in [1.82, 2.24) is 24.9 Å². The van der Waals surface area contributed by atoms with Crippen LogP contribution in [0, 0.1) is 0 Å². The molecule has 0 aromatic carbocycles. The van der Waals surface area contributed by atoms with Gasteiger partial charge in [0.25, 0.3) is 11.5 Å². The van der Waals surface area contributed by atoms with Gasteiger partial charge in [-0.05, 0) is 19.9 Å². The van der Waals surface area contributed by atoms with Gasteiger partial charge in [-0.25, -0.2) is 4.98 Å². The van der Waals surface area contributed by atoms with E-state index in [2.05, 4.69) is 20.5 Å². The second-order valence-electron chi connectivity index (χ2n) is 6.84. The molecular weight excluding hydrogens is 382 g/mol. The SMILES string of the molecule is COCCNC(=O)C[C@H]1CC[C@@H](CNC(=O)c2cnc3sccn3c2=O)N1C. The molecule has 0 aliphatic carbocycles. The second-order valence-corrected chi connectivity index (χ2v) is 7.71. The number of carbonyl (C=O) groups excluding carboxylic acids is 2. The van der Waals surface area contributed by atoms with E-state index in [1.165, 1.54) is 21.9 Å². The van der Waals surface area contributed by atoms with Crippen molar-refractivity contribution in [2.24, 2.45) is 0 Å². The predicted octanol–water partition coefficient (Wildman–Crippen LogP) is 0.101. The second kappa shape index (κ2) is 9.26. The Hall–Kier alpha value is -2.30. The topological polar surface area (TPSA) is 105 Å². The van der Waals surface area contributed by atoms with E-state index in [1.807, 2.05) is 7.05 Å². The lowest BCUT2D eigenvalue weighted by Gasteiger charge is -2.25. The molecule has 152 valence electrons. The zero-order valence-corrected chi connectivity index (χ0v) is 16.8. The molecule has 1 aliphatic rings. The number of carbonyl (C=O) groups is 2. The highest BCUT2D eigenvalue weighted by molar-refractivity contribution is 7.15. The van der Waals surface area contributed by atoms with Crippen LogP contribution >= 0.6 is 11.3 Å². The molecule has 1 saturated heterocycles. The summed E-state index contributed by atoms with van der Waals surface area (Å²) in [5, 5.41) is 7.42. The van der Waals surface area contributed by atoms with Crippen molar-refractivity contribution in [1.29, 1.82) is 0 Å². The maximum atomic E-state index is 12.4. The minimum atomic E-state index is -0.424. The molecule has 2 aromatic heterocycles. The Morgan fingerprint density at radius 1 is 1.32 bits per heavy atom. The number of amides is 2. The highest BCUT2D eigenvalue weighted by atomic mass is 32.1. The van der Waals surface area contributed by atoms with E-state index in [0.29, 0.717) is 31.1 Å². The Kier molecular flexibility index (Phi) is 6.76. The Morgan fingerprint density at radius 2 is 2.11 bits per heavy atom. The van der Waals surface area contributed by atoms with Gasteiger partial charge in [-0.2, -0.15) is 0 Å². The van der Waals surface area contributed by atoms with Crippen LogP contribution in [0.5, 0.6) is 0 Å². The molecule has 2 amide bonds. The first kappa shape index (κ1) is 20.4. The third-order valence-corrected chi connectivity index (χ3v) is 5.89. The van der Waals surface area contributed by atoms with Gasteiger partial charge in [0.15, 0.2) is 4.96 Å². The molecule has 0 spiro atoms. The summed E-state index contributed by atoms with van der Waals surface area (Å²) in [7, 11) is 3.56. The number of thiazole rings is 1. The largest absolute Gasteiger partial charge is 0.383 e. The summed E-state index contributed by atoms with van der Waals surface area (Å²) in [4.78, 5) is 43.7. The average Bonchev–Trinajstić information content (AvgIpc) is 3.28. The van der Waals surface area contributed by atoms with Gasteiger partial charge >= 0.3 is 0 Å². The molecule has 3 heterocycles. The van der Waals surface area contributed by atoms with Gasteiger partial charge < -0.3 is 15.4 Å². The highest BCUT2D eigenvalue weighted by Gasteiger charge is 2.32. The molecular formula is C18H25N5O4S. The van der Waals surface area contributed by atoms with Crippen LogP contribution in [-0.4, -0.2) is 72.0 Å². The van der Waals surface area contributed by atoms with E-state index < -0.39 is 5.91 Å². The molecule has 0 saturated carbocycles. The third kappa shape index (κ3) is 4.57. The van der Waals surface area contributed by atoms with Gasteiger partial charge in [0.05, 0.1) is 6.61 Å². The summed E-state index contributed by atoms with van der Waals surface area (Å²) in [6.07, 6.45) is 5.13. The normalized spacial score (nSPS) is 19.8. The molecule has 3 rings (SSSR count). The molecule has 1 aliphatic heterocycles. The van der Waals surface area contributed by atoms with E-state index >= 15 is 0 Å². The van der Waals surface area contributed by atoms with Gasteiger partial charge in [0.1, 0.15) is 5.56 Å². The molecule has 2 aromatic rings. The number of nitrogens with zero attached hydrogens (tertiary/aromatic N) is 3. The number of likely N-dealkylation sites (N-methyl/N-ethyl adjacent to an activating group) is 1. The lowest BCUT2D eigenvalue weighted by atomic mass is 10.1. The van der Waals surface area contributed by atoms with E-state index in [9.17, 15) is 14.4 Å². The lowest BCUT2D eigenvalue weighted by molar-refractivity contribution is -0.122. The number of hydrogen-bond acceptors (Lipinski definition) is 7. The van der Waals surface area contributed by atoms with Crippen LogP contribution in [0.4, 0.5) is 0 Å². The summed E-state index contributed by atoms with van der Waals surface area (Å²) in [5.74, 6) is -0.422. The fourth-order valence-electron chi connectivity index (χ4n) is 3.45. The van der Waals surface area contributed by atoms with Crippen LogP contribution < -0.4 is 16.2 Å². The van der Waals surface area contributed by atoms with E-state index in [1.54, 1.807) is 18.7 Å². The molecule has 10 heteroatoms. The Labute approximate surface area is 166 Å². The lowest BCUT2D eigenvalue weighted by Crippen LogP contribution is -2.43. The smallest absolute Gasteiger partial charge is 0.271 e. The summed E-state index contributed by atoms with van der Waals surface area (Å²) < 4.78 is 6.30. The van der Waals surface area contributed by atoms with E-state index in [-0.39, 0.29) is 29.1 Å². The summed E-state index contributed by atoms with van der Waals surface area (Å²) in [5.41, 5.74) is -0.334. The highest BCUT2D eigenvalue weighted by Crippen LogP contribution is 2.24. The summed E-state index contributed by atoms with van der Waals surface area (Å²) in [6.45, 7) is 1.42. The van der Waals surface area contributed by atoms with Crippen molar-refractivity contribution >= 4 is 28.1 Å². The molecule has 2 atom stereocenters. The van der Waals surface area contributed by atoms with E-state index in [0.717, 1.165) is 12.8 Å². The molecule has 28 heavy (non-hydrogen) atoms. The molecule has 2 N–H and O–H groups in total. The van der Waals surface area contributed by atoms with Crippen LogP contribution in [0.3, 0.4) is 0 Å². The number of nitrogens with one attached hydrogen (secondary N) is 2. The van der Waals surface area contributed by atoms with Gasteiger partial charge in [-0.3, -0.25) is 23.7 Å². The number of fused-ring (bicyclic) bond motifs is 1. The van der Waals surface area contributed by atoms with Crippen molar-refractivity contribution in [3.63, 3.8) is 0 Å². The first-order valence-corrected chi connectivity index (χ1v) is 10.1. The minimum absolute atomic E-state index is 0.00162. The first-order chi connectivity index (χ1) is 13.5. The van der Waals surface area contributed by atoms with Crippen LogP contribution in [0.2, 0.25) is 0 Å². The van der Waals surface area contributed by atoms with Gasteiger partial charge in [-0.15, -0.1) is 11.3 Å². The summed E-state index contributed by atoms with van der Waals surface area (Å²) in [6, 6.07) is 0.264. The molecule has 0 bridgehead atoms. The molecule has 0 radical (unpaired) electrons. The first-order valence-electron chi connectivity index (χ1n) is 9.22. The Morgan fingerprint density at radius 3 is 2.89 bits per heavy atom. The molecule has 9 nitrogen and oxygen atoms in total. The van der Waals surface area contributed by atoms with Crippen LogP contribution in [0.25, 0.3) is 4.96 Å². The van der Waals surface area contributed by atoms with Gasteiger partial charge in [0.2, 0.25) is 5.91 Å². The molecule has 0 unspecified atom stereocenters. The van der Waals surface area contributed by atoms with Crippen LogP contribution in [0.15, 0.2) is 22.6 Å². The predicted molar refractivity (Wildman–Crippen MR) is 106 cm³/mol. The van der Waals surface area contributed by atoms with Crippen molar-refractivity contribution in [3.8, 4) is 0 Å². The van der Waals surface area contributed by atoms with Crippen molar-refractivity contribution in [2.75, 3.05) is 33.9 Å². The van der Waals surface area contributed by atoms with Gasteiger partial charge in [-0.1, -0.05) is 0 Å². The number of rotatable bonds is 8. The maximum Gasteiger partial charge on any atom is 0.271 e. The Bertz CT molecular complexity index is 895. The van der Waals surface area contributed by atoms with Crippen LogP contribution in [-0.2, 0) is 9.53 Å². The number of likely N-dealkylation sites (tertiary alicyclic amines) is 1. The van der Waals surface area contributed by atoms with Crippen molar-refractivity contribution in [2.45, 2.75) is 31.3 Å². The zero-order chi connectivity index (χ0) is 20.1. The minimum Gasteiger partial charge on any atom is -0.383 e. The fourth-order valence-corrected chi connectivity index (χ4v) is 4.12. The fraction of sp³-hybridized carbons (Fsp3) is 0.556. The number of aromatic nitrogens is 2. The van der Waals surface area contributed by atoms with E-state index in [4.69, 9.17) is 4.74 Å². The average molecular weight is 407 g/mol. The number of methoxy groups -OCH3 is 1. The van der Waals surface area contributed by atoms with Crippen molar-refractivity contribution in [3.05, 3.63) is 33.7 Å². The third-order valence-electron chi connectivity index (χ3n) is 5.12. The van der Waals surface area contributed by atoms with Crippen LogP contribution in [0.1, 0.15) is 29.6 Å². The summed E-state index contributed by atoms with van der Waals surface area (Å²) >= 11 is 1.34. The standard InChI is InChI=1S/C18H25N5O4S/c1-22-12(9-15(24)19-5-7-27-2)3-4-13(22)10-20-16(25)14-11-21-18-23(17(14)26)6-8-28-18/h6,8,11-13H,3-5,7,9-10H2,1-2H3,(H,19,24)(H,20,25)/t12-,13+/m1/s1.